The lowest BCUT2D eigenvalue weighted by atomic mass is 9.21. The summed E-state index contributed by atoms with van der Waals surface area (Å²) in [4.78, 5) is 0. The largest absolute Gasteiger partial charge is 0.101 e. The lowest BCUT2D eigenvalue weighted by Crippen LogP contribution is -2.03. The molecular formula is C12H16B3. The molecule has 0 saturated carbocycles. The molecule has 3 radical (unpaired) electrons. The molecule has 0 N–H and O–H groups in total. The minimum Gasteiger partial charge on any atom is -0.101 e. The fourth-order valence-corrected chi connectivity index (χ4v) is 1.57. The molecule has 0 saturated heterocycles. The Morgan fingerprint density at radius 3 is 2.40 bits per heavy atom. The Morgan fingerprint density at radius 2 is 1.80 bits per heavy atom. The SMILES string of the molecule is C1=Cc2ccccc2CC1.C[B][B][B]C. The predicted octanol–water partition coefficient (Wildman–Crippen LogP) is 2.67. The van der Waals surface area contributed by atoms with Crippen molar-refractivity contribution in [3.8, 4) is 0 Å². The molecule has 3 heteroatoms. The quantitative estimate of drug-likeness (QED) is 0.633. The fourth-order valence-electron chi connectivity index (χ4n) is 1.57. The Bertz CT molecular complexity index is 305. The maximum absolute atomic E-state index is 2.24. The highest BCUT2D eigenvalue weighted by atomic mass is 14.1. The maximum Gasteiger partial charge on any atom is 0.0510 e. The number of benzene rings is 1. The molecule has 0 aliphatic heterocycles. The van der Waals surface area contributed by atoms with Gasteiger partial charge in [0.15, 0.2) is 0 Å². The van der Waals surface area contributed by atoms with E-state index in [2.05, 4.69) is 36.4 Å². The van der Waals surface area contributed by atoms with Crippen LogP contribution in [0.1, 0.15) is 17.5 Å². The summed E-state index contributed by atoms with van der Waals surface area (Å²) in [7, 11) is 6.00. The third-order valence-electron chi connectivity index (χ3n) is 2.32. The predicted molar refractivity (Wildman–Crippen MR) is 72.8 cm³/mol. The summed E-state index contributed by atoms with van der Waals surface area (Å²) in [5.74, 6) is 0. The zero-order chi connectivity index (χ0) is 10.9. The topological polar surface area (TPSA) is 0 Å². The lowest BCUT2D eigenvalue weighted by molar-refractivity contribution is 0.986. The van der Waals surface area contributed by atoms with Crippen LogP contribution in [0.15, 0.2) is 30.3 Å². The second kappa shape index (κ2) is 7.45. The van der Waals surface area contributed by atoms with Gasteiger partial charge in [-0.25, -0.2) is 0 Å². The summed E-state index contributed by atoms with van der Waals surface area (Å²) in [5.41, 5.74) is 2.89. The summed E-state index contributed by atoms with van der Waals surface area (Å²) in [6.07, 6.45) is 6.87. The van der Waals surface area contributed by atoms with Crippen LogP contribution in [0.25, 0.3) is 6.08 Å². The molecular weight excluding hydrogens is 177 g/mol. The van der Waals surface area contributed by atoms with E-state index in [1.807, 2.05) is 35.0 Å². The Labute approximate surface area is 95.9 Å². The van der Waals surface area contributed by atoms with Gasteiger partial charge in [-0.15, -0.1) is 13.6 Å². The van der Waals surface area contributed by atoms with Crippen molar-refractivity contribution in [3.63, 3.8) is 0 Å². The normalized spacial score (nSPS) is 11.9. The molecule has 1 aromatic carbocycles. The molecule has 0 spiro atoms. The number of hydrogen-bond acceptors (Lipinski definition) is 0. The van der Waals surface area contributed by atoms with Gasteiger partial charge in [-0.1, -0.05) is 36.4 Å². The van der Waals surface area contributed by atoms with Gasteiger partial charge in [-0.05, 0) is 24.0 Å². The number of aryl methyl sites for hydroxylation is 1. The molecule has 0 heterocycles. The highest BCUT2D eigenvalue weighted by Crippen LogP contribution is 2.17. The molecule has 1 aromatic rings. The van der Waals surface area contributed by atoms with Gasteiger partial charge in [0.1, 0.15) is 0 Å². The van der Waals surface area contributed by atoms with Gasteiger partial charge in [0.25, 0.3) is 0 Å². The molecule has 0 fully saturated rings. The van der Waals surface area contributed by atoms with E-state index < -0.39 is 0 Å². The van der Waals surface area contributed by atoms with E-state index in [9.17, 15) is 0 Å². The van der Waals surface area contributed by atoms with E-state index in [0.717, 1.165) is 0 Å². The van der Waals surface area contributed by atoms with Gasteiger partial charge >= 0.3 is 0 Å². The first-order valence-electron chi connectivity index (χ1n) is 5.53. The summed E-state index contributed by atoms with van der Waals surface area (Å²) in [6, 6.07) is 8.58. The van der Waals surface area contributed by atoms with E-state index in [1.54, 1.807) is 0 Å². The Balaban J connectivity index is 0.000000195. The minimum atomic E-state index is 1.21. The van der Waals surface area contributed by atoms with Crippen molar-refractivity contribution >= 4 is 27.5 Å². The van der Waals surface area contributed by atoms with Crippen LogP contribution in [0.2, 0.25) is 13.6 Å². The smallest absolute Gasteiger partial charge is 0.0510 e. The number of fused-ring (bicyclic) bond motifs is 1. The number of rotatable bonds is 2. The van der Waals surface area contributed by atoms with E-state index in [-0.39, 0.29) is 0 Å². The molecule has 0 aromatic heterocycles. The van der Waals surface area contributed by atoms with Gasteiger partial charge in [0.2, 0.25) is 0 Å². The van der Waals surface area contributed by atoms with E-state index in [4.69, 9.17) is 0 Å². The van der Waals surface area contributed by atoms with Gasteiger partial charge < -0.3 is 0 Å². The van der Waals surface area contributed by atoms with Crippen LogP contribution in [0.4, 0.5) is 0 Å². The standard InChI is InChI=1S/C10H10.C2H6B3/c1-2-6-10-8-4-3-7-9(10)5-1;1-3-5-4-2/h1-3,5-7H,4,8H2;1-2H3. The highest BCUT2D eigenvalue weighted by molar-refractivity contribution is 7.28. The first-order valence-corrected chi connectivity index (χ1v) is 5.53. The van der Waals surface area contributed by atoms with Crippen molar-refractivity contribution in [2.75, 3.05) is 0 Å². The average Bonchev–Trinajstić information content (AvgIpc) is 2.31. The third-order valence-corrected chi connectivity index (χ3v) is 2.32. The molecule has 0 atom stereocenters. The van der Waals surface area contributed by atoms with Crippen molar-refractivity contribution < 1.29 is 0 Å². The average molecular weight is 193 g/mol. The van der Waals surface area contributed by atoms with Crippen LogP contribution in [0, 0.1) is 0 Å². The van der Waals surface area contributed by atoms with Crippen LogP contribution in [0.3, 0.4) is 0 Å². The Kier molecular flexibility index (Phi) is 6.07. The summed E-state index contributed by atoms with van der Waals surface area (Å²) < 4.78 is 0. The van der Waals surface area contributed by atoms with Crippen molar-refractivity contribution in [3.05, 3.63) is 41.5 Å². The molecule has 0 amide bonds. The molecule has 0 nitrogen and oxygen atoms in total. The molecule has 2 rings (SSSR count). The first-order chi connectivity index (χ1) is 7.38. The Hall–Kier alpha value is -0.845. The van der Waals surface area contributed by atoms with Gasteiger partial charge in [-0.2, -0.15) is 0 Å². The molecule has 1 aliphatic carbocycles. The van der Waals surface area contributed by atoms with Gasteiger partial charge in [0, 0.05) is 7.06 Å². The fraction of sp³-hybridized carbons (Fsp3) is 0.333. The zero-order valence-electron chi connectivity index (χ0n) is 9.61. The monoisotopic (exact) mass is 193 g/mol. The van der Waals surface area contributed by atoms with Gasteiger partial charge in [-0.3, -0.25) is 0 Å². The third kappa shape index (κ3) is 4.46. The first kappa shape index (κ1) is 12.2. The van der Waals surface area contributed by atoms with Crippen molar-refractivity contribution in [1.82, 2.24) is 0 Å². The lowest BCUT2D eigenvalue weighted by Gasteiger charge is -2.07. The van der Waals surface area contributed by atoms with Crippen molar-refractivity contribution in [2.45, 2.75) is 26.5 Å². The molecule has 73 valence electrons. The van der Waals surface area contributed by atoms with E-state index in [0.29, 0.717) is 0 Å². The molecule has 0 unspecified atom stereocenters. The zero-order valence-corrected chi connectivity index (χ0v) is 9.61. The second-order valence-electron chi connectivity index (χ2n) is 3.50. The van der Waals surface area contributed by atoms with Crippen LogP contribution in [0.5, 0.6) is 0 Å². The summed E-state index contributed by atoms with van der Waals surface area (Å²) >= 11 is 0. The van der Waals surface area contributed by atoms with E-state index in [1.165, 1.54) is 24.0 Å². The summed E-state index contributed by atoms with van der Waals surface area (Å²) in [6.45, 7) is 4.00. The maximum atomic E-state index is 2.24. The van der Waals surface area contributed by atoms with Crippen LogP contribution in [-0.4, -0.2) is 21.4 Å². The molecule has 15 heavy (non-hydrogen) atoms. The number of hydrogen-bond donors (Lipinski definition) is 0. The second-order valence-corrected chi connectivity index (χ2v) is 3.50. The van der Waals surface area contributed by atoms with Crippen LogP contribution in [-0.2, 0) is 6.42 Å². The van der Waals surface area contributed by atoms with Crippen molar-refractivity contribution in [1.29, 1.82) is 0 Å². The molecule has 0 bridgehead atoms. The van der Waals surface area contributed by atoms with E-state index >= 15 is 0 Å². The summed E-state index contributed by atoms with van der Waals surface area (Å²) in [5, 5.41) is 0. The number of allylic oxidation sites excluding steroid dienone is 1. The highest BCUT2D eigenvalue weighted by Gasteiger charge is 2.00. The minimum absolute atomic E-state index is 1.21. The van der Waals surface area contributed by atoms with Crippen molar-refractivity contribution in [2.24, 2.45) is 0 Å². The van der Waals surface area contributed by atoms with Crippen LogP contribution >= 0.6 is 0 Å². The van der Waals surface area contributed by atoms with Crippen LogP contribution < -0.4 is 0 Å². The molecule has 1 aliphatic rings. The Morgan fingerprint density at radius 1 is 1.07 bits per heavy atom. The van der Waals surface area contributed by atoms with Gasteiger partial charge in [0.05, 0.1) is 14.3 Å².